The van der Waals surface area contributed by atoms with Crippen molar-refractivity contribution in [2.24, 2.45) is 0 Å². The summed E-state index contributed by atoms with van der Waals surface area (Å²) in [7, 11) is 0. The largest absolute Gasteiger partial charge is 0.331 e. The van der Waals surface area contributed by atoms with Crippen LogP contribution in [0, 0.1) is 0 Å². The molecule has 0 aliphatic rings. The molecule has 2 unspecified atom stereocenters. The van der Waals surface area contributed by atoms with Gasteiger partial charge in [-0.05, 0) is 37.1 Å². The van der Waals surface area contributed by atoms with Crippen molar-refractivity contribution in [1.29, 1.82) is 0 Å². The zero-order valence-corrected chi connectivity index (χ0v) is 17.5. The van der Waals surface area contributed by atoms with Gasteiger partial charge in [0.05, 0.1) is 24.4 Å². The topological polar surface area (TPSA) is 51.0 Å². The lowest BCUT2D eigenvalue weighted by molar-refractivity contribution is 0.456. The smallest absolute Gasteiger partial charge is 0.293 e. The molecular weight excluding hydrogens is 372 g/mol. The van der Waals surface area contributed by atoms with Gasteiger partial charge in [-0.3, -0.25) is 19.8 Å². The summed E-state index contributed by atoms with van der Waals surface area (Å²) in [5, 5.41) is 6.96. The predicted octanol–water partition coefficient (Wildman–Crippen LogP) is 4.42. The molecular formula is C25H28N4O. The third kappa shape index (κ3) is 4.22. The fourth-order valence-corrected chi connectivity index (χ4v) is 3.75. The Labute approximate surface area is 177 Å². The summed E-state index contributed by atoms with van der Waals surface area (Å²) in [5.41, 5.74) is 4.26. The highest BCUT2D eigenvalue weighted by Gasteiger charge is 2.14. The molecule has 30 heavy (non-hydrogen) atoms. The Bertz CT molecular complexity index is 1060. The first-order valence-corrected chi connectivity index (χ1v) is 10.4. The minimum Gasteiger partial charge on any atom is -0.293 e. The summed E-state index contributed by atoms with van der Waals surface area (Å²) in [6.45, 7) is 5.14. The summed E-state index contributed by atoms with van der Waals surface area (Å²) in [5.74, 6) is 0. The number of hydrogen-bond donors (Lipinski definition) is 2. The summed E-state index contributed by atoms with van der Waals surface area (Å²) in [6.07, 6.45) is 0. The van der Waals surface area contributed by atoms with Gasteiger partial charge in [0.25, 0.3) is 0 Å². The number of nitrogens with one attached hydrogen (secondary N) is 2. The highest BCUT2D eigenvalue weighted by atomic mass is 16.1. The van der Waals surface area contributed by atoms with E-state index in [2.05, 4.69) is 48.7 Å². The van der Waals surface area contributed by atoms with E-state index in [1.807, 2.05) is 69.8 Å². The molecule has 0 fully saturated rings. The third-order valence-electron chi connectivity index (χ3n) is 5.64. The minimum atomic E-state index is -0.0169. The molecule has 4 aromatic rings. The van der Waals surface area contributed by atoms with Crippen molar-refractivity contribution in [1.82, 2.24) is 19.8 Å². The molecule has 0 amide bonds. The molecule has 0 saturated carbocycles. The summed E-state index contributed by atoms with van der Waals surface area (Å²) in [6, 6.07) is 28.8. The van der Waals surface area contributed by atoms with Gasteiger partial charge < -0.3 is 0 Å². The Hall–Kier alpha value is -3.15. The number of aromatic nitrogens is 2. The Kier molecular flexibility index (Phi) is 6.12. The Morgan fingerprint density at radius 2 is 1.00 bits per heavy atom. The Balaban J connectivity index is 1.54. The molecule has 0 spiro atoms. The van der Waals surface area contributed by atoms with E-state index in [0.29, 0.717) is 13.3 Å². The van der Waals surface area contributed by atoms with Crippen LogP contribution in [-0.4, -0.2) is 9.13 Å². The standard InChI is InChI=1S/C25H28N4O/c1-19(21-11-5-3-6-12-21)26-17-28-23-15-9-10-16-24(23)29(25(28)30)18-27-20(2)22-13-7-4-8-14-22/h3-16,19-20,26-27H,17-18H2,1-2H3. The van der Waals surface area contributed by atoms with Crippen molar-refractivity contribution in [3.63, 3.8) is 0 Å². The fraction of sp³-hybridized carbons (Fsp3) is 0.240. The highest BCUT2D eigenvalue weighted by molar-refractivity contribution is 5.75. The third-order valence-corrected chi connectivity index (χ3v) is 5.64. The van der Waals surface area contributed by atoms with E-state index in [9.17, 15) is 4.79 Å². The van der Waals surface area contributed by atoms with Crippen molar-refractivity contribution >= 4 is 11.0 Å². The van der Waals surface area contributed by atoms with Crippen LogP contribution < -0.4 is 16.3 Å². The number of imidazole rings is 1. The monoisotopic (exact) mass is 400 g/mol. The Morgan fingerprint density at radius 3 is 1.40 bits per heavy atom. The molecule has 5 heteroatoms. The van der Waals surface area contributed by atoms with Gasteiger partial charge >= 0.3 is 5.69 Å². The van der Waals surface area contributed by atoms with Crippen LogP contribution >= 0.6 is 0 Å². The number of para-hydroxylation sites is 2. The molecule has 0 radical (unpaired) electrons. The molecule has 1 aromatic heterocycles. The van der Waals surface area contributed by atoms with Gasteiger partial charge in [0.15, 0.2) is 0 Å². The average molecular weight is 401 g/mol. The lowest BCUT2D eigenvalue weighted by atomic mass is 10.1. The van der Waals surface area contributed by atoms with E-state index in [1.54, 1.807) is 0 Å². The molecule has 0 saturated heterocycles. The number of nitrogens with zero attached hydrogens (tertiary/aromatic N) is 2. The number of rotatable bonds is 8. The molecule has 5 nitrogen and oxygen atoms in total. The van der Waals surface area contributed by atoms with Crippen LogP contribution in [-0.2, 0) is 13.3 Å². The zero-order valence-electron chi connectivity index (χ0n) is 17.5. The first-order chi connectivity index (χ1) is 14.6. The maximum absolute atomic E-state index is 13.2. The lowest BCUT2D eigenvalue weighted by Crippen LogP contribution is -2.34. The molecule has 154 valence electrons. The van der Waals surface area contributed by atoms with Gasteiger partial charge in [0.1, 0.15) is 0 Å². The molecule has 2 atom stereocenters. The number of fused-ring (bicyclic) bond motifs is 1. The van der Waals surface area contributed by atoms with Crippen molar-refractivity contribution < 1.29 is 0 Å². The van der Waals surface area contributed by atoms with Gasteiger partial charge in [-0.1, -0.05) is 72.8 Å². The zero-order chi connectivity index (χ0) is 20.9. The molecule has 3 aromatic carbocycles. The number of benzene rings is 3. The molecule has 0 aliphatic carbocycles. The van der Waals surface area contributed by atoms with Crippen molar-refractivity contribution in [3.8, 4) is 0 Å². The van der Waals surface area contributed by atoms with Crippen LogP contribution in [0.25, 0.3) is 11.0 Å². The second-order valence-corrected chi connectivity index (χ2v) is 7.62. The minimum absolute atomic E-state index is 0.0169. The van der Waals surface area contributed by atoms with Crippen LogP contribution in [0.3, 0.4) is 0 Å². The molecule has 1 heterocycles. The normalized spacial score (nSPS) is 13.4. The highest BCUT2D eigenvalue weighted by Crippen LogP contribution is 2.16. The van der Waals surface area contributed by atoms with Gasteiger partial charge in [-0.25, -0.2) is 4.79 Å². The second kappa shape index (κ2) is 9.11. The van der Waals surface area contributed by atoms with Crippen molar-refractivity contribution in [2.45, 2.75) is 39.3 Å². The quantitative estimate of drug-likeness (QED) is 0.460. The first-order valence-electron chi connectivity index (χ1n) is 10.4. The van der Waals surface area contributed by atoms with E-state index in [-0.39, 0.29) is 17.8 Å². The second-order valence-electron chi connectivity index (χ2n) is 7.62. The molecule has 4 rings (SSSR count). The lowest BCUT2D eigenvalue weighted by Gasteiger charge is -2.15. The van der Waals surface area contributed by atoms with Crippen LogP contribution in [0.1, 0.15) is 37.1 Å². The SMILES string of the molecule is CC(NCn1c(=O)n(CNC(C)c2ccccc2)c2ccccc21)c1ccccc1. The molecule has 0 bridgehead atoms. The van der Waals surface area contributed by atoms with Crippen LogP contribution in [0.5, 0.6) is 0 Å². The maximum Gasteiger partial charge on any atom is 0.331 e. The summed E-state index contributed by atoms with van der Waals surface area (Å²) >= 11 is 0. The van der Waals surface area contributed by atoms with E-state index < -0.39 is 0 Å². The van der Waals surface area contributed by atoms with E-state index in [1.165, 1.54) is 11.1 Å². The van der Waals surface area contributed by atoms with E-state index in [4.69, 9.17) is 0 Å². The van der Waals surface area contributed by atoms with Gasteiger partial charge in [0.2, 0.25) is 0 Å². The van der Waals surface area contributed by atoms with Gasteiger partial charge in [-0.15, -0.1) is 0 Å². The van der Waals surface area contributed by atoms with Gasteiger partial charge in [-0.2, -0.15) is 0 Å². The molecule has 0 aliphatic heterocycles. The number of hydrogen-bond acceptors (Lipinski definition) is 3. The van der Waals surface area contributed by atoms with Crippen molar-refractivity contribution in [2.75, 3.05) is 0 Å². The van der Waals surface area contributed by atoms with Crippen molar-refractivity contribution in [3.05, 3.63) is 107 Å². The van der Waals surface area contributed by atoms with Crippen LogP contribution in [0.15, 0.2) is 89.7 Å². The van der Waals surface area contributed by atoms with Crippen LogP contribution in [0.2, 0.25) is 0 Å². The summed E-state index contributed by atoms with van der Waals surface area (Å²) in [4.78, 5) is 13.2. The summed E-state index contributed by atoms with van der Waals surface area (Å²) < 4.78 is 3.62. The molecule has 2 N–H and O–H groups in total. The Morgan fingerprint density at radius 1 is 0.633 bits per heavy atom. The van der Waals surface area contributed by atoms with Crippen LogP contribution in [0.4, 0.5) is 0 Å². The van der Waals surface area contributed by atoms with E-state index >= 15 is 0 Å². The van der Waals surface area contributed by atoms with E-state index in [0.717, 1.165) is 11.0 Å². The average Bonchev–Trinajstić information content (AvgIpc) is 3.07. The first kappa shape index (κ1) is 20.1. The van der Waals surface area contributed by atoms with Gasteiger partial charge in [0, 0.05) is 12.1 Å². The maximum atomic E-state index is 13.2. The predicted molar refractivity (Wildman–Crippen MR) is 122 cm³/mol. The fourth-order valence-electron chi connectivity index (χ4n) is 3.75.